The summed E-state index contributed by atoms with van der Waals surface area (Å²) in [6.45, 7) is 7.21. The molecule has 2 saturated carbocycles. The summed E-state index contributed by atoms with van der Waals surface area (Å²) >= 11 is 0. The van der Waals surface area contributed by atoms with Crippen LogP contribution in [0.15, 0.2) is 0 Å². The van der Waals surface area contributed by atoms with Crippen LogP contribution in [0.5, 0.6) is 0 Å². The van der Waals surface area contributed by atoms with E-state index >= 15 is 0 Å². The first-order valence-electron chi connectivity index (χ1n) is 7.74. The zero-order chi connectivity index (χ0) is 12.3. The molecule has 0 aliphatic heterocycles. The molecule has 0 aromatic carbocycles. The molecule has 2 rings (SSSR count). The van der Waals surface area contributed by atoms with Crippen LogP contribution >= 0.6 is 0 Å². The van der Waals surface area contributed by atoms with Crippen molar-refractivity contribution in [3.05, 3.63) is 0 Å². The minimum atomic E-state index is 0.391. The lowest BCUT2D eigenvalue weighted by Gasteiger charge is -2.35. The van der Waals surface area contributed by atoms with Crippen molar-refractivity contribution in [3.8, 4) is 0 Å². The van der Waals surface area contributed by atoms with Gasteiger partial charge in [-0.1, -0.05) is 20.3 Å². The number of rotatable bonds is 9. The minimum absolute atomic E-state index is 0.391. The van der Waals surface area contributed by atoms with Crippen LogP contribution in [0.4, 0.5) is 0 Å². The van der Waals surface area contributed by atoms with Crippen molar-refractivity contribution < 1.29 is 0 Å². The maximum absolute atomic E-state index is 6.39. The Labute approximate surface area is 107 Å². The fraction of sp³-hybridized carbons (Fsp3) is 1.00. The van der Waals surface area contributed by atoms with E-state index in [0.717, 1.165) is 11.8 Å². The average molecular weight is 238 g/mol. The van der Waals surface area contributed by atoms with Crippen LogP contribution < -0.4 is 5.73 Å². The molecule has 2 fully saturated rings. The standard InChI is InChI=1S/C15H30N2/c1-3-5-14(16)15(4-2)17(10-12-6-7-12)11-13-8-9-13/h12-15H,3-11,16H2,1-2H3. The number of hydrogen-bond donors (Lipinski definition) is 1. The maximum atomic E-state index is 6.39. The molecule has 2 unspecified atom stereocenters. The van der Waals surface area contributed by atoms with Gasteiger partial charge in [0.15, 0.2) is 0 Å². The predicted molar refractivity (Wildman–Crippen MR) is 74.0 cm³/mol. The van der Waals surface area contributed by atoms with Crippen LogP contribution in [0.3, 0.4) is 0 Å². The number of nitrogens with two attached hydrogens (primary N) is 1. The molecule has 0 aromatic heterocycles. The fourth-order valence-electron chi connectivity index (χ4n) is 2.97. The van der Waals surface area contributed by atoms with Gasteiger partial charge in [0.1, 0.15) is 0 Å². The highest BCUT2D eigenvalue weighted by molar-refractivity contribution is 4.89. The summed E-state index contributed by atoms with van der Waals surface area (Å²) < 4.78 is 0. The smallest absolute Gasteiger partial charge is 0.0244 e. The van der Waals surface area contributed by atoms with E-state index in [1.54, 1.807) is 0 Å². The number of hydrogen-bond acceptors (Lipinski definition) is 2. The SMILES string of the molecule is CCCC(N)C(CC)N(CC1CC1)CC1CC1. The molecule has 2 aliphatic rings. The molecule has 0 saturated heterocycles. The van der Waals surface area contributed by atoms with Crippen LogP contribution in [0.25, 0.3) is 0 Å². The predicted octanol–water partition coefficient (Wildman–Crippen LogP) is 3.01. The molecule has 2 nitrogen and oxygen atoms in total. The first-order chi connectivity index (χ1) is 8.24. The molecule has 0 aromatic rings. The van der Waals surface area contributed by atoms with E-state index in [1.165, 1.54) is 58.0 Å². The summed E-state index contributed by atoms with van der Waals surface area (Å²) in [7, 11) is 0. The summed E-state index contributed by atoms with van der Waals surface area (Å²) in [4.78, 5) is 2.75. The van der Waals surface area contributed by atoms with E-state index in [4.69, 9.17) is 5.73 Å². The second kappa shape index (κ2) is 6.19. The van der Waals surface area contributed by atoms with Gasteiger partial charge in [0.05, 0.1) is 0 Å². The largest absolute Gasteiger partial charge is 0.326 e. The Morgan fingerprint density at radius 3 is 1.94 bits per heavy atom. The Morgan fingerprint density at radius 2 is 1.59 bits per heavy atom. The van der Waals surface area contributed by atoms with Gasteiger partial charge < -0.3 is 5.73 Å². The molecule has 2 N–H and O–H groups in total. The third kappa shape index (κ3) is 4.26. The second-order valence-corrected chi connectivity index (χ2v) is 6.27. The van der Waals surface area contributed by atoms with Gasteiger partial charge in [-0.3, -0.25) is 4.90 Å². The van der Waals surface area contributed by atoms with Gasteiger partial charge in [-0.05, 0) is 50.4 Å². The lowest BCUT2D eigenvalue weighted by molar-refractivity contribution is 0.148. The Kier molecular flexibility index (Phi) is 4.87. The van der Waals surface area contributed by atoms with Gasteiger partial charge in [-0.2, -0.15) is 0 Å². The monoisotopic (exact) mass is 238 g/mol. The van der Waals surface area contributed by atoms with Crippen molar-refractivity contribution in [3.63, 3.8) is 0 Å². The second-order valence-electron chi connectivity index (χ2n) is 6.27. The van der Waals surface area contributed by atoms with Crippen LogP contribution in [0, 0.1) is 11.8 Å². The Balaban J connectivity index is 1.88. The van der Waals surface area contributed by atoms with Crippen molar-refractivity contribution >= 4 is 0 Å². The van der Waals surface area contributed by atoms with E-state index in [-0.39, 0.29) is 0 Å². The van der Waals surface area contributed by atoms with Crippen molar-refractivity contribution in [1.82, 2.24) is 4.90 Å². The maximum Gasteiger partial charge on any atom is 0.0244 e. The van der Waals surface area contributed by atoms with Crippen molar-refractivity contribution in [2.75, 3.05) is 13.1 Å². The molecule has 2 aliphatic carbocycles. The minimum Gasteiger partial charge on any atom is -0.326 e. The van der Waals surface area contributed by atoms with E-state index in [0.29, 0.717) is 12.1 Å². The summed E-state index contributed by atoms with van der Waals surface area (Å²) in [6.07, 6.45) is 9.46. The molecule has 0 radical (unpaired) electrons. The van der Waals surface area contributed by atoms with E-state index in [9.17, 15) is 0 Å². The van der Waals surface area contributed by atoms with Gasteiger partial charge in [0.25, 0.3) is 0 Å². The lowest BCUT2D eigenvalue weighted by atomic mass is 9.99. The quantitative estimate of drug-likeness (QED) is 0.669. The highest BCUT2D eigenvalue weighted by atomic mass is 15.2. The summed E-state index contributed by atoms with van der Waals surface area (Å²) in [5.41, 5.74) is 6.39. The summed E-state index contributed by atoms with van der Waals surface area (Å²) in [5, 5.41) is 0. The van der Waals surface area contributed by atoms with E-state index in [1.807, 2.05) is 0 Å². The summed E-state index contributed by atoms with van der Waals surface area (Å²) in [6, 6.07) is 1.03. The highest BCUT2D eigenvalue weighted by Crippen LogP contribution is 2.35. The molecule has 0 heterocycles. The Morgan fingerprint density at radius 1 is 1.06 bits per heavy atom. The average Bonchev–Trinajstić information content (AvgIpc) is 3.14. The zero-order valence-electron chi connectivity index (χ0n) is 11.7. The molecule has 0 amide bonds. The van der Waals surface area contributed by atoms with Crippen LogP contribution in [-0.2, 0) is 0 Å². The van der Waals surface area contributed by atoms with Crippen molar-refractivity contribution in [1.29, 1.82) is 0 Å². The lowest BCUT2D eigenvalue weighted by Crippen LogP contribution is -2.49. The Bertz CT molecular complexity index is 207. The van der Waals surface area contributed by atoms with Gasteiger partial charge in [-0.15, -0.1) is 0 Å². The molecular weight excluding hydrogens is 208 g/mol. The topological polar surface area (TPSA) is 29.3 Å². The fourth-order valence-corrected chi connectivity index (χ4v) is 2.97. The molecule has 0 bridgehead atoms. The van der Waals surface area contributed by atoms with Crippen LogP contribution in [0.1, 0.15) is 58.8 Å². The molecule has 100 valence electrons. The van der Waals surface area contributed by atoms with Gasteiger partial charge in [0.2, 0.25) is 0 Å². The van der Waals surface area contributed by atoms with Crippen LogP contribution in [-0.4, -0.2) is 30.1 Å². The molecule has 0 spiro atoms. The molecule has 2 atom stereocenters. The molecular formula is C15H30N2. The normalized spacial score (nSPS) is 24.0. The first-order valence-corrected chi connectivity index (χ1v) is 7.74. The molecule has 17 heavy (non-hydrogen) atoms. The van der Waals surface area contributed by atoms with Gasteiger partial charge in [0, 0.05) is 25.2 Å². The van der Waals surface area contributed by atoms with Crippen LogP contribution in [0.2, 0.25) is 0 Å². The van der Waals surface area contributed by atoms with Crippen molar-refractivity contribution in [2.24, 2.45) is 17.6 Å². The van der Waals surface area contributed by atoms with E-state index < -0.39 is 0 Å². The highest BCUT2D eigenvalue weighted by Gasteiger charge is 2.33. The molecule has 2 heteroatoms. The van der Waals surface area contributed by atoms with Gasteiger partial charge >= 0.3 is 0 Å². The summed E-state index contributed by atoms with van der Waals surface area (Å²) in [5.74, 6) is 1.99. The Hall–Kier alpha value is -0.0800. The third-order valence-corrected chi connectivity index (χ3v) is 4.38. The number of nitrogens with zero attached hydrogens (tertiary/aromatic N) is 1. The third-order valence-electron chi connectivity index (χ3n) is 4.38. The van der Waals surface area contributed by atoms with Crippen molar-refractivity contribution in [2.45, 2.75) is 70.9 Å². The first kappa shape index (κ1) is 13.4. The van der Waals surface area contributed by atoms with E-state index in [2.05, 4.69) is 18.7 Å². The van der Waals surface area contributed by atoms with Gasteiger partial charge in [-0.25, -0.2) is 0 Å². The zero-order valence-corrected chi connectivity index (χ0v) is 11.7.